The lowest BCUT2D eigenvalue weighted by atomic mass is 10.1. The fourth-order valence-electron chi connectivity index (χ4n) is 2.28. The minimum Gasteiger partial charge on any atom is -0.508 e. The molecule has 0 radical (unpaired) electrons. The Labute approximate surface area is 139 Å². The number of carboxylic acid groups (broad SMARTS) is 1. The molecule has 0 heterocycles. The highest BCUT2D eigenvalue weighted by Crippen LogP contribution is 2.24. The van der Waals surface area contributed by atoms with Crippen LogP contribution in [0, 0.1) is 0 Å². The van der Waals surface area contributed by atoms with Gasteiger partial charge in [-0.05, 0) is 60.7 Å². The Bertz CT molecular complexity index is 843. The molecule has 0 atom stereocenters. The average molecular weight is 320 g/mol. The highest BCUT2D eigenvalue weighted by Gasteiger charge is 2.08. The maximum absolute atomic E-state index is 11.2. The number of hydrogen-bond donors (Lipinski definition) is 4. The summed E-state index contributed by atoms with van der Waals surface area (Å²) in [4.78, 5) is 11.2. The molecule has 0 saturated carbocycles. The summed E-state index contributed by atoms with van der Waals surface area (Å²) in [6.45, 7) is 0. The lowest BCUT2D eigenvalue weighted by Gasteiger charge is -2.11. The normalized spacial score (nSPS) is 10.2. The number of anilines is 4. The topological polar surface area (TPSA) is 81.6 Å². The Morgan fingerprint density at radius 1 is 0.708 bits per heavy atom. The second-order valence-corrected chi connectivity index (χ2v) is 5.22. The van der Waals surface area contributed by atoms with Gasteiger partial charge in [-0.1, -0.05) is 12.1 Å². The van der Waals surface area contributed by atoms with E-state index in [9.17, 15) is 15.0 Å². The molecule has 0 aliphatic carbocycles. The zero-order valence-corrected chi connectivity index (χ0v) is 12.7. The predicted molar refractivity (Wildman–Crippen MR) is 94.5 cm³/mol. The lowest BCUT2D eigenvalue weighted by Crippen LogP contribution is -2.02. The summed E-state index contributed by atoms with van der Waals surface area (Å²) < 4.78 is 0. The number of benzene rings is 3. The third kappa shape index (κ3) is 3.64. The van der Waals surface area contributed by atoms with Gasteiger partial charge in [0.15, 0.2) is 0 Å². The molecule has 3 rings (SSSR count). The molecule has 0 aromatic heterocycles. The lowest BCUT2D eigenvalue weighted by molar-refractivity contribution is 0.0698. The first-order chi connectivity index (χ1) is 11.6. The van der Waals surface area contributed by atoms with Gasteiger partial charge in [0.1, 0.15) is 5.75 Å². The molecule has 0 unspecified atom stereocenters. The number of para-hydroxylation sites is 1. The van der Waals surface area contributed by atoms with E-state index in [0.29, 0.717) is 5.69 Å². The van der Waals surface area contributed by atoms with Crippen molar-refractivity contribution in [1.82, 2.24) is 0 Å². The molecule has 0 amide bonds. The van der Waals surface area contributed by atoms with Crippen LogP contribution in [0.2, 0.25) is 0 Å². The fourth-order valence-corrected chi connectivity index (χ4v) is 2.28. The summed E-state index contributed by atoms with van der Waals surface area (Å²) in [6, 6.07) is 21.1. The number of hydrogen-bond acceptors (Lipinski definition) is 4. The van der Waals surface area contributed by atoms with Crippen LogP contribution in [0.15, 0.2) is 72.8 Å². The third-order valence-corrected chi connectivity index (χ3v) is 3.48. The Kier molecular flexibility index (Phi) is 4.34. The van der Waals surface area contributed by atoms with Crippen LogP contribution in [0.25, 0.3) is 0 Å². The Morgan fingerprint density at radius 2 is 1.21 bits per heavy atom. The van der Waals surface area contributed by atoms with Crippen molar-refractivity contribution >= 4 is 28.7 Å². The SMILES string of the molecule is O=C(O)c1ccccc1Nc1ccc(Nc2ccc(O)cc2)cc1. The Morgan fingerprint density at radius 3 is 1.79 bits per heavy atom. The quantitative estimate of drug-likeness (QED) is 0.517. The fraction of sp³-hybridized carbons (Fsp3) is 0. The van der Waals surface area contributed by atoms with E-state index in [0.717, 1.165) is 17.1 Å². The van der Waals surface area contributed by atoms with Crippen molar-refractivity contribution in [2.45, 2.75) is 0 Å². The first-order valence-corrected chi connectivity index (χ1v) is 7.37. The van der Waals surface area contributed by atoms with Crippen LogP contribution >= 0.6 is 0 Å². The van der Waals surface area contributed by atoms with Gasteiger partial charge in [-0.3, -0.25) is 0 Å². The molecule has 4 N–H and O–H groups in total. The van der Waals surface area contributed by atoms with E-state index in [-0.39, 0.29) is 11.3 Å². The van der Waals surface area contributed by atoms with Gasteiger partial charge in [0.05, 0.1) is 11.3 Å². The van der Waals surface area contributed by atoms with Crippen LogP contribution in [0.5, 0.6) is 5.75 Å². The van der Waals surface area contributed by atoms with Crippen molar-refractivity contribution in [3.8, 4) is 5.75 Å². The molecule has 0 spiro atoms. The Balaban J connectivity index is 1.73. The van der Waals surface area contributed by atoms with Crippen molar-refractivity contribution < 1.29 is 15.0 Å². The van der Waals surface area contributed by atoms with Gasteiger partial charge in [-0.15, -0.1) is 0 Å². The number of phenols is 1. The zero-order valence-electron chi connectivity index (χ0n) is 12.7. The van der Waals surface area contributed by atoms with Crippen molar-refractivity contribution in [3.05, 3.63) is 78.4 Å². The van der Waals surface area contributed by atoms with Gasteiger partial charge in [-0.2, -0.15) is 0 Å². The van der Waals surface area contributed by atoms with Gasteiger partial charge < -0.3 is 20.8 Å². The molecule has 0 bridgehead atoms. The first kappa shape index (κ1) is 15.4. The molecule has 3 aromatic carbocycles. The second-order valence-electron chi connectivity index (χ2n) is 5.22. The van der Waals surface area contributed by atoms with E-state index in [4.69, 9.17) is 0 Å². The number of nitrogens with one attached hydrogen (secondary N) is 2. The molecular weight excluding hydrogens is 304 g/mol. The summed E-state index contributed by atoms with van der Waals surface area (Å²) in [5.41, 5.74) is 3.32. The molecular formula is C19H16N2O3. The van der Waals surface area contributed by atoms with Crippen LogP contribution in [0.3, 0.4) is 0 Å². The van der Waals surface area contributed by atoms with Crippen molar-refractivity contribution in [2.75, 3.05) is 10.6 Å². The van der Waals surface area contributed by atoms with Crippen LogP contribution in [0.1, 0.15) is 10.4 Å². The Hall–Kier alpha value is -3.47. The van der Waals surface area contributed by atoms with Crippen molar-refractivity contribution in [3.63, 3.8) is 0 Å². The number of phenolic OH excluding ortho intramolecular Hbond substituents is 1. The summed E-state index contributed by atoms with van der Waals surface area (Å²) in [7, 11) is 0. The maximum Gasteiger partial charge on any atom is 0.337 e. The standard InChI is InChI=1S/C19H16N2O3/c22-16-11-9-14(10-12-16)20-13-5-7-15(8-6-13)21-18-4-2-1-3-17(18)19(23)24/h1-12,20-22H,(H,23,24). The number of carbonyl (C=O) groups is 1. The molecule has 3 aromatic rings. The molecule has 0 aliphatic heterocycles. The van der Waals surface area contributed by atoms with Crippen LogP contribution in [0.4, 0.5) is 22.7 Å². The van der Waals surface area contributed by atoms with Gasteiger partial charge in [0.25, 0.3) is 0 Å². The highest BCUT2D eigenvalue weighted by atomic mass is 16.4. The van der Waals surface area contributed by atoms with E-state index in [1.807, 2.05) is 24.3 Å². The monoisotopic (exact) mass is 320 g/mol. The third-order valence-electron chi connectivity index (χ3n) is 3.48. The smallest absolute Gasteiger partial charge is 0.337 e. The minimum atomic E-state index is -0.969. The molecule has 5 heteroatoms. The van der Waals surface area contributed by atoms with Gasteiger partial charge >= 0.3 is 5.97 Å². The van der Waals surface area contributed by atoms with E-state index in [1.54, 1.807) is 48.5 Å². The van der Waals surface area contributed by atoms with Crippen LogP contribution in [-0.4, -0.2) is 16.2 Å². The molecule has 0 fully saturated rings. The molecule has 0 aliphatic rings. The van der Waals surface area contributed by atoms with E-state index < -0.39 is 5.97 Å². The number of rotatable bonds is 5. The van der Waals surface area contributed by atoms with Gasteiger partial charge in [0.2, 0.25) is 0 Å². The van der Waals surface area contributed by atoms with Gasteiger partial charge in [0, 0.05) is 17.1 Å². The molecule has 24 heavy (non-hydrogen) atoms. The molecule has 5 nitrogen and oxygen atoms in total. The molecule has 0 saturated heterocycles. The largest absolute Gasteiger partial charge is 0.508 e. The summed E-state index contributed by atoms with van der Waals surface area (Å²) >= 11 is 0. The highest BCUT2D eigenvalue weighted by molar-refractivity contribution is 5.95. The van der Waals surface area contributed by atoms with E-state index >= 15 is 0 Å². The second kappa shape index (κ2) is 6.75. The summed E-state index contributed by atoms with van der Waals surface area (Å²) in [6.07, 6.45) is 0. The molecule has 120 valence electrons. The number of aromatic hydroxyl groups is 1. The van der Waals surface area contributed by atoms with Crippen LogP contribution in [-0.2, 0) is 0 Å². The zero-order chi connectivity index (χ0) is 16.9. The van der Waals surface area contributed by atoms with E-state index in [2.05, 4.69) is 10.6 Å². The van der Waals surface area contributed by atoms with Gasteiger partial charge in [-0.25, -0.2) is 4.79 Å². The van der Waals surface area contributed by atoms with E-state index in [1.165, 1.54) is 0 Å². The first-order valence-electron chi connectivity index (χ1n) is 7.37. The van der Waals surface area contributed by atoms with Crippen LogP contribution < -0.4 is 10.6 Å². The maximum atomic E-state index is 11.2. The van der Waals surface area contributed by atoms with Crippen molar-refractivity contribution in [1.29, 1.82) is 0 Å². The number of carboxylic acids is 1. The van der Waals surface area contributed by atoms with Crippen molar-refractivity contribution in [2.24, 2.45) is 0 Å². The summed E-state index contributed by atoms with van der Waals surface area (Å²) in [5.74, 6) is -0.749. The predicted octanol–water partition coefficient (Wildman–Crippen LogP) is 4.58. The number of aromatic carboxylic acids is 1. The minimum absolute atomic E-state index is 0.220. The summed E-state index contributed by atoms with van der Waals surface area (Å²) in [5, 5.41) is 24.8. The average Bonchev–Trinajstić information content (AvgIpc) is 2.59.